The second kappa shape index (κ2) is 11.7. The largest absolute Gasteiger partial charge is 0.456 e. The van der Waals surface area contributed by atoms with Gasteiger partial charge in [-0.15, -0.1) is 0 Å². The van der Waals surface area contributed by atoms with Gasteiger partial charge in [0.2, 0.25) is 0 Å². The van der Waals surface area contributed by atoms with Crippen LogP contribution in [0.4, 0.5) is 0 Å². The maximum atomic E-state index is 6.37. The summed E-state index contributed by atoms with van der Waals surface area (Å²) in [6.07, 6.45) is 0. The van der Waals surface area contributed by atoms with Gasteiger partial charge in [-0.2, -0.15) is 0 Å². The lowest BCUT2D eigenvalue weighted by Gasteiger charge is -2.13. The van der Waals surface area contributed by atoms with Crippen molar-refractivity contribution in [2.75, 3.05) is 0 Å². The molecular formula is C48H28N4O. The lowest BCUT2D eigenvalue weighted by atomic mass is 9.95. The summed E-state index contributed by atoms with van der Waals surface area (Å²) in [6.45, 7) is 0. The summed E-state index contributed by atoms with van der Waals surface area (Å²) in [4.78, 5) is 20.8. The SMILES string of the molecule is c1ccc(-c2nc3cc(-c4nc(-c5ccc6ccccc6c5)nc(-c5cccc6ccccc56)n4)ccc3c3c2ccc2oc4ccccc4c23)cc1. The highest BCUT2D eigenvalue weighted by atomic mass is 16.3. The van der Waals surface area contributed by atoms with Crippen LogP contribution in [0.15, 0.2) is 174 Å². The van der Waals surface area contributed by atoms with Crippen LogP contribution < -0.4 is 0 Å². The van der Waals surface area contributed by atoms with Crippen LogP contribution in [0.2, 0.25) is 0 Å². The van der Waals surface area contributed by atoms with Gasteiger partial charge in [0.1, 0.15) is 11.2 Å². The van der Waals surface area contributed by atoms with E-state index in [1.54, 1.807) is 0 Å². The Kier molecular flexibility index (Phi) is 6.48. The van der Waals surface area contributed by atoms with Crippen molar-refractivity contribution in [2.24, 2.45) is 0 Å². The van der Waals surface area contributed by atoms with E-state index in [2.05, 4.69) is 152 Å². The zero-order valence-electron chi connectivity index (χ0n) is 28.4. The molecule has 0 saturated carbocycles. The Morgan fingerprint density at radius 1 is 0.340 bits per heavy atom. The number of aromatic nitrogens is 4. The lowest BCUT2D eigenvalue weighted by molar-refractivity contribution is 0.669. The molecule has 0 amide bonds. The molecule has 0 fully saturated rings. The van der Waals surface area contributed by atoms with Crippen molar-refractivity contribution in [3.63, 3.8) is 0 Å². The first-order valence-corrected chi connectivity index (χ1v) is 17.7. The summed E-state index contributed by atoms with van der Waals surface area (Å²) in [7, 11) is 0. The van der Waals surface area contributed by atoms with E-state index in [0.29, 0.717) is 17.5 Å². The zero-order valence-corrected chi connectivity index (χ0v) is 28.4. The molecule has 5 nitrogen and oxygen atoms in total. The van der Waals surface area contributed by atoms with Crippen molar-refractivity contribution in [1.29, 1.82) is 0 Å². The zero-order chi connectivity index (χ0) is 34.9. The quantitative estimate of drug-likeness (QED) is 0.174. The van der Waals surface area contributed by atoms with Crippen LogP contribution in [0.1, 0.15) is 0 Å². The summed E-state index contributed by atoms with van der Waals surface area (Å²) in [5.74, 6) is 1.83. The molecule has 53 heavy (non-hydrogen) atoms. The van der Waals surface area contributed by atoms with Crippen LogP contribution in [0.25, 0.3) is 111 Å². The van der Waals surface area contributed by atoms with E-state index in [4.69, 9.17) is 24.4 Å². The standard InChI is InChI=1S/C48H28N4O/c1-2-13-31(14-3-1)45-39-25-26-42-44(38-18-8-9-20-41(38)53-42)43(39)37-24-23-34(28-40(37)49-45)47-50-46(33-22-21-29-11-4-5-15-32(29)27-33)51-48(52-47)36-19-10-16-30-12-6-7-17-35(30)36/h1-28H. The molecule has 0 atom stereocenters. The second-order valence-electron chi connectivity index (χ2n) is 13.4. The Bertz CT molecular complexity index is 3230. The van der Waals surface area contributed by atoms with Gasteiger partial charge in [-0.1, -0.05) is 140 Å². The van der Waals surface area contributed by atoms with Gasteiger partial charge in [-0.05, 0) is 51.9 Å². The highest BCUT2D eigenvalue weighted by Crippen LogP contribution is 2.42. The number of benzene rings is 8. The number of nitrogens with zero attached hydrogens (tertiary/aromatic N) is 4. The molecule has 0 N–H and O–H groups in total. The molecule has 5 heteroatoms. The molecule has 0 radical (unpaired) electrons. The normalized spacial score (nSPS) is 11.8. The van der Waals surface area contributed by atoms with Crippen LogP contribution in [-0.2, 0) is 0 Å². The maximum absolute atomic E-state index is 6.37. The minimum atomic E-state index is 0.586. The highest BCUT2D eigenvalue weighted by Gasteiger charge is 2.19. The Labute approximate surface area is 303 Å². The predicted octanol–water partition coefficient (Wildman–Crippen LogP) is 12.4. The van der Waals surface area contributed by atoms with Gasteiger partial charge in [-0.25, -0.2) is 19.9 Å². The van der Waals surface area contributed by atoms with Gasteiger partial charge in [0, 0.05) is 49.2 Å². The van der Waals surface area contributed by atoms with E-state index in [1.807, 2.05) is 18.2 Å². The van der Waals surface area contributed by atoms with Crippen molar-refractivity contribution in [3.8, 4) is 45.4 Å². The highest BCUT2D eigenvalue weighted by molar-refractivity contribution is 6.28. The van der Waals surface area contributed by atoms with Crippen molar-refractivity contribution in [1.82, 2.24) is 19.9 Å². The number of pyridine rings is 1. The van der Waals surface area contributed by atoms with Gasteiger partial charge < -0.3 is 4.42 Å². The Morgan fingerprint density at radius 3 is 1.87 bits per heavy atom. The molecule has 0 unspecified atom stereocenters. The van der Waals surface area contributed by atoms with Gasteiger partial charge in [0.25, 0.3) is 0 Å². The average molecular weight is 677 g/mol. The first kappa shape index (κ1) is 29.5. The van der Waals surface area contributed by atoms with Crippen LogP contribution in [0.3, 0.4) is 0 Å². The molecule has 0 aliphatic carbocycles. The van der Waals surface area contributed by atoms with E-state index >= 15 is 0 Å². The van der Waals surface area contributed by atoms with E-state index in [0.717, 1.165) is 87.7 Å². The summed E-state index contributed by atoms with van der Waals surface area (Å²) in [5, 5.41) is 9.93. The molecule has 246 valence electrons. The minimum absolute atomic E-state index is 0.586. The van der Waals surface area contributed by atoms with Crippen molar-refractivity contribution < 1.29 is 4.42 Å². The van der Waals surface area contributed by atoms with Crippen molar-refractivity contribution in [2.45, 2.75) is 0 Å². The van der Waals surface area contributed by atoms with E-state index in [-0.39, 0.29) is 0 Å². The van der Waals surface area contributed by atoms with Gasteiger partial charge >= 0.3 is 0 Å². The van der Waals surface area contributed by atoms with E-state index in [1.165, 1.54) is 5.39 Å². The summed E-state index contributed by atoms with van der Waals surface area (Å²) >= 11 is 0. The number of furan rings is 1. The molecule has 0 aliphatic rings. The molecule has 0 spiro atoms. The number of hydrogen-bond donors (Lipinski definition) is 0. The van der Waals surface area contributed by atoms with Crippen LogP contribution >= 0.6 is 0 Å². The molecule has 11 aromatic rings. The van der Waals surface area contributed by atoms with Crippen LogP contribution in [0.5, 0.6) is 0 Å². The van der Waals surface area contributed by atoms with Crippen molar-refractivity contribution in [3.05, 3.63) is 170 Å². The van der Waals surface area contributed by atoms with E-state index in [9.17, 15) is 0 Å². The fourth-order valence-corrected chi connectivity index (χ4v) is 7.77. The number of fused-ring (bicyclic) bond motifs is 9. The van der Waals surface area contributed by atoms with Gasteiger partial charge in [0.05, 0.1) is 11.2 Å². The third-order valence-electron chi connectivity index (χ3n) is 10.3. The number of rotatable bonds is 4. The number of para-hydroxylation sites is 1. The molecule has 11 rings (SSSR count). The molecule has 3 heterocycles. The molecule has 0 saturated heterocycles. The Morgan fingerprint density at radius 2 is 1.00 bits per heavy atom. The Balaban J connectivity index is 1.19. The molecular weight excluding hydrogens is 649 g/mol. The van der Waals surface area contributed by atoms with Gasteiger partial charge in [-0.3, -0.25) is 0 Å². The summed E-state index contributed by atoms with van der Waals surface area (Å²) in [5.41, 5.74) is 7.29. The van der Waals surface area contributed by atoms with E-state index < -0.39 is 0 Å². The topological polar surface area (TPSA) is 64.7 Å². The average Bonchev–Trinajstić information content (AvgIpc) is 3.62. The monoisotopic (exact) mass is 676 g/mol. The summed E-state index contributed by atoms with van der Waals surface area (Å²) < 4.78 is 6.37. The van der Waals surface area contributed by atoms with Crippen LogP contribution in [0, 0.1) is 0 Å². The summed E-state index contributed by atoms with van der Waals surface area (Å²) in [6, 6.07) is 58.6. The third kappa shape index (κ3) is 4.79. The molecule has 0 aliphatic heterocycles. The van der Waals surface area contributed by atoms with Crippen LogP contribution in [-0.4, -0.2) is 19.9 Å². The first-order chi connectivity index (χ1) is 26.2. The molecule has 0 bridgehead atoms. The predicted molar refractivity (Wildman–Crippen MR) is 217 cm³/mol. The molecule has 3 aromatic heterocycles. The maximum Gasteiger partial charge on any atom is 0.164 e. The molecule has 8 aromatic carbocycles. The number of hydrogen-bond acceptors (Lipinski definition) is 5. The van der Waals surface area contributed by atoms with Gasteiger partial charge in [0.15, 0.2) is 17.5 Å². The lowest BCUT2D eigenvalue weighted by Crippen LogP contribution is -2.01. The third-order valence-corrected chi connectivity index (χ3v) is 10.3. The smallest absolute Gasteiger partial charge is 0.164 e. The second-order valence-corrected chi connectivity index (χ2v) is 13.4. The van der Waals surface area contributed by atoms with Crippen molar-refractivity contribution >= 4 is 65.2 Å². The Hall–Kier alpha value is -7.24. The minimum Gasteiger partial charge on any atom is -0.456 e. The fourth-order valence-electron chi connectivity index (χ4n) is 7.77. The first-order valence-electron chi connectivity index (χ1n) is 17.7. The fraction of sp³-hybridized carbons (Fsp3) is 0.